The molecule has 0 N–H and O–H groups in total. The van der Waals surface area contributed by atoms with E-state index in [1.54, 1.807) is 6.07 Å². The minimum Gasteiger partial charge on any atom is -0.494 e. The third-order valence-corrected chi connectivity index (χ3v) is 6.33. The van der Waals surface area contributed by atoms with Gasteiger partial charge in [0.15, 0.2) is 0 Å². The monoisotopic (exact) mass is 411 g/mol. The predicted molar refractivity (Wildman–Crippen MR) is 116 cm³/mol. The molecule has 4 rings (SSSR count). The van der Waals surface area contributed by atoms with E-state index in [2.05, 4.69) is 28.3 Å². The summed E-state index contributed by atoms with van der Waals surface area (Å²) in [6.07, 6.45) is 7.55. The Kier molecular flexibility index (Phi) is 7.05. The average Bonchev–Trinajstić information content (AvgIpc) is 3.26. The molecule has 1 fully saturated rings. The number of ether oxygens (including phenoxy) is 1. The highest BCUT2D eigenvalue weighted by atomic mass is 16.5. The third-order valence-electron chi connectivity index (χ3n) is 6.33. The number of fused-ring (bicyclic) bond motifs is 3. The summed E-state index contributed by atoms with van der Waals surface area (Å²) in [6, 6.07) is 10.8. The van der Waals surface area contributed by atoms with Crippen LogP contribution in [0.1, 0.15) is 60.8 Å². The van der Waals surface area contributed by atoms with Crippen molar-refractivity contribution in [1.29, 1.82) is 0 Å². The molecule has 0 radical (unpaired) electrons. The number of piperidine rings is 1. The van der Waals surface area contributed by atoms with Gasteiger partial charge >= 0.3 is 0 Å². The van der Waals surface area contributed by atoms with E-state index in [9.17, 15) is 4.79 Å². The number of carbonyl (C=O) groups is 1. The van der Waals surface area contributed by atoms with Crippen molar-refractivity contribution in [3.8, 4) is 5.75 Å². The summed E-state index contributed by atoms with van der Waals surface area (Å²) in [4.78, 5) is 17.6. The molecule has 6 nitrogen and oxygen atoms in total. The van der Waals surface area contributed by atoms with E-state index in [1.165, 1.54) is 24.8 Å². The van der Waals surface area contributed by atoms with Gasteiger partial charge in [-0.05, 0) is 62.8 Å². The van der Waals surface area contributed by atoms with Crippen LogP contribution in [0, 0.1) is 0 Å². The van der Waals surface area contributed by atoms with Crippen molar-refractivity contribution in [2.45, 2.75) is 57.9 Å². The lowest BCUT2D eigenvalue weighted by atomic mass is 9.95. The van der Waals surface area contributed by atoms with Gasteiger partial charge in [0.25, 0.3) is 5.91 Å². The van der Waals surface area contributed by atoms with Gasteiger partial charge in [-0.25, -0.2) is 0 Å². The Bertz CT molecular complexity index is 835. The van der Waals surface area contributed by atoms with Crippen molar-refractivity contribution in [3.05, 3.63) is 47.3 Å². The molecule has 162 valence electrons. The van der Waals surface area contributed by atoms with Crippen LogP contribution in [-0.2, 0) is 12.8 Å². The van der Waals surface area contributed by atoms with Crippen molar-refractivity contribution < 1.29 is 14.1 Å². The van der Waals surface area contributed by atoms with Gasteiger partial charge < -0.3 is 14.2 Å². The highest BCUT2D eigenvalue weighted by molar-refractivity contribution is 5.91. The van der Waals surface area contributed by atoms with E-state index in [1.807, 2.05) is 17.9 Å². The normalized spacial score (nSPS) is 21.4. The zero-order valence-corrected chi connectivity index (χ0v) is 18.0. The first-order valence-electron chi connectivity index (χ1n) is 11.4. The van der Waals surface area contributed by atoms with E-state index in [0.29, 0.717) is 31.5 Å². The lowest BCUT2D eigenvalue weighted by molar-refractivity contribution is 0.0644. The largest absolute Gasteiger partial charge is 0.494 e. The highest BCUT2D eigenvalue weighted by Gasteiger charge is 2.25. The smallest absolute Gasteiger partial charge is 0.292 e. The summed E-state index contributed by atoms with van der Waals surface area (Å²) < 4.78 is 11.3. The van der Waals surface area contributed by atoms with E-state index >= 15 is 0 Å². The molecule has 2 bridgehead atoms. The molecular weight excluding hydrogens is 378 g/mol. The van der Waals surface area contributed by atoms with Gasteiger partial charge in [-0.3, -0.25) is 9.69 Å². The minimum absolute atomic E-state index is 0.0650. The Labute approximate surface area is 179 Å². The van der Waals surface area contributed by atoms with E-state index in [0.717, 1.165) is 50.2 Å². The number of aromatic nitrogens is 1. The SMILES string of the molecule is CCc1cc(C(=O)N2CCCOc3cccc(c3)CCC3CCCCN3CC2)on1. The molecule has 0 aliphatic carbocycles. The summed E-state index contributed by atoms with van der Waals surface area (Å²) in [7, 11) is 0. The zero-order chi connectivity index (χ0) is 20.8. The second-order valence-electron chi connectivity index (χ2n) is 8.40. The van der Waals surface area contributed by atoms with Crippen LogP contribution in [0.5, 0.6) is 5.75 Å². The van der Waals surface area contributed by atoms with Crippen molar-refractivity contribution in [3.63, 3.8) is 0 Å². The third kappa shape index (κ3) is 5.22. The Morgan fingerprint density at radius 1 is 1.10 bits per heavy atom. The predicted octanol–water partition coefficient (Wildman–Crippen LogP) is 3.95. The highest BCUT2D eigenvalue weighted by Crippen LogP contribution is 2.23. The number of nitrogens with zero attached hydrogens (tertiary/aromatic N) is 3. The fraction of sp³-hybridized carbons (Fsp3) is 0.583. The molecule has 0 saturated carbocycles. The first-order chi connectivity index (χ1) is 14.7. The van der Waals surface area contributed by atoms with Crippen LogP contribution in [0.3, 0.4) is 0 Å². The number of hydrogen-bond donors (Lipinski definition) is 0. The molecule has 1 unspecified atom stereocenters. The maximum atomic E-state index is 13.1. The fourth-order valence-electron chi connectivity index (χ4n) is 4.55. The van der Waals surface area contributed by atoms with Gasteiger partial charge in [0.1, 0.15) is 5.75 Å². The second-order valence-corrected chi connectivity index (χ2v) is 8.40. The molecule has 1 aromatic carbocycles. The van der Waals surface area contributed by atoms with Crippen LogP contribution >= 0.6 is 0 Å². The molecule has 6 heteroatoms. The Morgan fingerprint density at radius 2 is 2.03 bits per heavy atom. The maximum Gasteiger partial charge on any atom is 0.292 e. The van der Waals surface area contributed by atoms with Gasteiger partial charge in [0.05, 0.1) is 12.3 Å². The Morgan fingerprint density at radius 3 is 2.90 bits per heavy atom. The van der Waals surface area contributed by atoms with Gasteiger partial charge in [-0.2, -0.15) is 0 Å². The molecule has 3 heterocycles. The zero-order valence-electron chi connectivity index (χ0n) is 18.0. The fourth-order valence-corrected chi connectivity index (χ4v) is 4.55. The van der Waals surface area contributed by atoms with E-state index < -0.39 is 0 Å². The molecule has 2 aromatic rings. The summed E-state index contributed by atoms with van der Waals surface area (Å²) in [5.74, 6) is 1.20. The number of rotatable bonds is 2. The summed E-state index contributed by atoms with van der Waals surface area (Å²) in [5.41, 5.74) is 2.17. The van der Waals surface area contributed by atoms with Crippen LogP contribution in [0.4, 0.5) is 0 Å². The molecule has 2 aliphatic heterocycles. The summed E-state index contributed by atoms with van der Waals surface area (Å²) >= 11 is 0. The Balaban J connectivity index is 1.50. The van der Waals surface area contributed by atoms with Gasteiger partial charge in [0, 0.05) is 31.7 Å². The molecule has 1 saturated heterocycles. The van der Waals surface area contributed by atoms with Crippen molar-refractivity contribution in [2.24, 2.45) is 0 Å². The van der Waals surface area contributed by atoms with Gasteiger partial charge in [0.2, 0.25) is 5.76 Å². The number of benzene rings is 1. The molecular formula is C24H33N3O3. The molecule has 1 atom stereocenters. The van der Waals surface area contributed by atoms with Gasteiger partial charge in [-0.1, -0.05) is 30.6 Å². The first kappa shape index (κ1) is 20.9. The second kappa shape index (κ2) is 10.1. The number of aryl methyl sites for hydroxylation is 2. The molecule has 0 spiro atoms. The van der Waals surface area contributed by atoms with Crippen LogP contribution in [0.2, 0.25) is 0 Å². The van der Waals surface area contributed by atoms with Crippen LogP contribution in [0.25, 0.3) is 0 Å². The lowest BCUT2D eigenvalue weighted by Crippen LogP contribution is -2.45. The van der Waals surface area contributed by atoms with Crippen LogP contribution in [0.15, 0.2) is 34.9 Å². The number of hydrogen-bond acceptors (Lipinski definition) is 5. The van der Waals surface area contributed by atoms with Crippen molar-refractivity contribution >= 4 is 5.91 Å². The summed E-state index contributed by atoms with van der Waals surface area (Å²) in [6.45, 7) is 6.00. The van der Waals surface area contributed by atoms with Gasteiger partial charge in [-0.15, -0.1) is 0 Å². The standard InChI is InChI=1S/C24H33N3O3/c1-2-20-18-23(30-25-20)24(28)27-13-6-16-29-22-9-5-7-19(17-22)10-11-21-8-3-4-12-26(21)14-15-27/h5,7,9,17-18,21H,2-4,6,8,10-16H2,1H3. The minimum atomic E-state index is -0.0650. The molecule has 2 aliphatic rings. The molecule has 30 heavy (non-hydrogen) atoms. The number of carbonyl (C=O) groups excluding carboxylic acids is 1. The summed E-state index contributed by atoms with van der Waals surface area (Å²) in [5, 5.41) is 4.00. The van der Waals surface area contributed by atoms with Crippen LogP contribution in [-0.4, -0.2) is 59.7 Å². The van der Waals surface area contributed by atoms with E-state index in [-0.39, 0.29) is 5.91 Å². The Hall–Kier alpha value is -2.34. The quantitative estimate of drug-likeness (QED) is 0.749. The average molecular weight is 412 g/mol. The first-order valence-corrected chi connectivity index (χ1v) is 11.4. The molecule has 1 aromatic heterocycles. The lowest BCUT2D eigenvalue weighted by Gasteiger charge is -2.37. The van der Waals surface area contributed by atoms with Crippen molar-refractivity contribution in [1.82, 2.24) is 15.0 Å². The number of amides is 1. The molecule has 1 amide bonds. The van der Waals surface area contributed by atoms with Crippen molar-refractivity contribution in [2.75, 3.05) is 32.8 Å². The maximum absolute atomic E-state index is 13.1. The topological polar surface area (TPSA) is 58.8 Å². The van der Waals surface area contributed by atoms with Crippen LogP contribution < -0.4 is 4.74 Å². The van der Waals surface area contributed by atoms with E-state index in [4.69, 9.17) is 9.26 Å².